The molecule has 1 fully saturated rings. The maximum Gasteiger partial charge on any atom is 0.315 e. The Morgan fingerprint density at radius 2 is 2.10 bits per heavy atom. The van der Waals surface area contributed by atoms with Crippen molar-refractivity contribution in [3.63, 3.8) is 0 Å². The first-order valence-electron chi connectivity index (χ1n) is 7.00. The molecule has 0 radical (unpaired) electrons. The zero-order chi connectivity index (χ0) is 14.5. The molecule has 1 atom stereocenters. The van der Waals surface area contributed by atoms with Gasteiger partial charge in [0.2, 0.25) is 0 Å². The maximum absolute atomic E-state index is 12.3. The number of carbonyl (C=O) groups is 1. The van der Waals surface area contributed by atoms with Crippen LogP contribution in [0.1, 0.15) is 33.6 Å². The predicted octanol–water partition coefficient (Wildman–Crippen LogP) is 1.44. The molecule has 1 aliphatic heterocycles. The van der Waals surface area contributed by atoms with Crippen molar-refractivity contribution >= 4 is 18.4 Å². The normalized spacial score (nSPS) is 24.1. The van der Waals surface area contributed by atoms with Gasteiger partial charge in [0.15, 0.2) is 0 Å². The summed E-state index contributed by atoms with van der Waals surface area (Å²) in [5.74, 6) is -0.142. The highest BCUT2D eigenvalue weighted by Crippen LogP contribution is 2.32. The van der Waals surface area contributed by atoms with Crippen LogP contribution >= 0.6 is 12.4 Å². The highest BCUT2D eigenvalue weighted by atomic mass is 35.5. The average molecular weight is 309 g/mol. The Hall–Kier alpha value is -0.360. The van der Waals surface area contributed by atoms with Crippen molar-refractivity contribution in [2.75, 3.05) is 40.0 Å². The third-order valence-corrected chi connectivity index (χ3v) is 3.42. The summed E-state index contributed by atoms with van der Waals surface area (Å²) in [5, 5.41) is 0. The lowest BCUT2D eigenvalue weighted by Gasteiger charge is -2.42. The van der Waals surface area contributed by atoms with Gasteiger partial charge in [-0.1, -0.05) is 0 Å². The number of piperidine rings is 1. The molecule has 0 aliphatic carbocycles. The second kappa shape index (κ2) is 8.17. The molecule has 1 saturated heterocycles. The summed E-state index contributed by atoms with van der Waals surface area (Å²) in [6, 6.07) is 0. The fourth-order valence-electron chi connectivity index (χ4n) is 2.84. The Bertz CT molecular complexity index is 303. The molecule has 0 aromatic carbocycles. The van der Waals surface area contributed by atoms with E-state index in [0.29, 0.717) is 19.8 Å². The van der Waals surface area contributed by atoms with Crippen LogP contribution in [0.4, 0.5) is 0 Å². The fourth-order valence-corrected chi connectivity index (χ4v) is 2.84. The van der Waals surface area contributed by atoms with Crippen molar-refractivity contribution in [2.45, 2.75) is 39.2 Å². The highest BCUT2D eigenvalue weighted by Gasteiger charge is 2.44. The highest BCUT2D eigenvalue weighted by molar-refractivity contribution is 5.85. The second-order valence-corrected chi connectivity index (χ2v) is 6.24. The molecule has 0 aromatic heterocycles. The molecule has 120 valence electrons. The zero-order valence-corrected chi connectivity index (χ0v) is 13.9. The van der Waals surface area contributed by atoms with E-state index in [-0.39, 0.29) is 23.9 Å². The van der Waals surface area contributed by atoms with Gasteiger partial charge < -0.3 is 20.1 Å². The third-order valence-electron chi connectivity index (χ3n) is 3.42. The van der Waals surface area contributed by atoms with Crippen LogP contribution in [-0.2, 0) is 14.3 Å². The minimum absolute atomic E-state index is 0. The molecule has 2 N–H and O–H groups in total. The second-order valence-electron chi connectivity index (χ2n) is 6.24. The van der Waals surface area contributed by atoms with Gasteiger partial charge in [-0.3, -0.25) is 4.79 Å². The van der Waals surface area contributed by atoms with E-state index >= 15 is 0 Å². The van der Waals surface area contributed by atoms with E-state index in [1.54, 1.807) is 7.11 Å². The van der Waals surface area contributed by atoms with Gasteiger partial charge in [0.1, 0.15) is 5.41 Å². The van der Waals surface area contributed by atoms with Crippen molar-refractivity contribution in [1.29, 1.82) is 0 Å². The van der Waals surface area contributed by atoms with Crippen LogP contribution in [0.5, 0.6) is 0 Å². The summed E-state index contributed by atoms with van der Waals surface area (Å²) in [6.07, 6.45) is 1.79. The molecule has 1 rings (SSSR count). The van der Waals surface area contributed by atoms with E-state index in [9.17, 15) is 4.79 Å². The minimum Gasteiger partial charge on any atom is -0.465 e. The molecule has 0 amide bonds. The molecular formula is C14H29ClN2O3. The number of hydrogen-bond donors (Lipinski definition) is 1. The molecule has 0 aromatic rings. The van der Waals surface area contributed by atoms with Gasteiger partial charge in [-0.05, 0) is 40.2 Å². The van der Waals surface area contributed by atoms with Gasteiger partial charge in [-0.2, -0.15) is 0 Å². The molecule has 1 heterocycles. The topological polar surface area (TPSA) is 64.8 Å². The molecule has 5 nitrogen and oxygen atoms in total. The van der Waals surface area contributed by atoms with Gasteiger partial charge in [0.05, 0.1) is 13.2 Å². The molecule has 20 heavy (non-hydrogen) atoms. The Morgan fingerprint density at radius 1 is 1.45 bits per heavy atom. The van der Waals surface area contributed by atoms with E-state index in [2.05, 4.69) is 4.90 Å². The third kappa shape index (κ3) is 5.56. The van der Waals surface area contributed by atoms with Crippen molar-refractivity contribution in [2.24, 2.45) is 11.1 Å². The number of nitrogens with zero attached hydrogens (tertiary/aromatic N) is 1. The van der Waals surface area contributed by atoms with Crippen LogP contribution in [0.15, 0.2) is 0 Å². The number of nitrogens with two attached hydrogens (primary N) is 1. The number of esters is 1. The number of ether oxygens (including phenoxy) is 2. The Labute approximate surface area is 128 Å². The maximum atomic E-state index is 12.3. The van der Waals surface area contributed by atoms with Gasteiger partial charge in [-0.25, -0.2) is 0 Å². The first-order chi connectivity index (χ1) is 8.83. The molecular weight excluding hydrogens is 280 g/mol. The van der Waals surface area contributed by atoms with Crippen LogP contribution in [0.2, 0.25) is 0 Å². The predicted molar refractivity (Wildman–Crippen MR) is 82.1 cm³/mol. The quantitative estimate of drug-likeness (QED) is 0.752. The van der Waals surface area contributed by atoms with Gasteiger partial charge in [0.25, 0.3) is 0 Å². The lowest BCUT2D eigenvalue weighted by molar-refractivity contribution is -0.163. The Morgan fingerprint density at radius 3 is 2.60 bits per heavy atom. The summed E-state index contributed by atoms with van der Waals surface area (Å²) in [5.41, 5.74) is 5.28. The number of likely N-dealkylation sites (tertiary alicyclic amines) is 1. The first kappa shape index (κ1) is 19.6. The first-order valence-corrected chi connectivity index (χ1v) is 7.00. The molecule has 0 saturated carbocycles. The lowest BCUT2D eigenvalue weighted by atomic mass is 9.80. The Kier molecular flexibility index (Phi) is 8.03. The number of methoxy groups -OCH3 is 1. The molecule has 0 bridgehead atoms. The zero-order valence-electron chi connectivity index (χ0n) is 13.1. The van der Waals surface area contributed by atoms with E-state index in [1.165, 1.54) is 0 Å². The van der Waals surface area contributed by atoms with E-state index in [1.807, 2.05) is 20.8 Å². The number of hydrogen-bond acceptors (Lipinski definition) is 5. The van der Waals surface area contributed by atoms with Crippen LogP contribution in [0.25, 0.3) is 0 Å². The van der Waals surface area contributed by atoms with Gasteiger partial charge >= 0.3 is 5.97 Å². The molecule has 6 heteroatoms. The monoisotopic (exact) mass is 308 g/mol. The molecule has 0 spiro atoms. The van der Waals surface area contributed by atoms with Crippen LogP contribution < -0.4 is 5.73 Å². The summed E-state index contributed by atoms with van der Waals surface area (Å²) < 4.78 is 10.5. The van der Waals surface area contributed by atoms with E-state index in [4.69, 9.17) is 15.2 Å². The van der Waals surface area contributed by atoms with Crippen molar-refractivity contribution in [3.05, 3.63) is 0 Å². The lowest BCUT2D eigenvalue weighted by Crippen LogP contribution is -2.55. The summed E-state index contributed by atoms with van der Waals surface area (Å²) in [6.45, 7) is 9.08. The van der Waals surface area contributed by atoms with Crippen LogP contribution in [-0.4, -0.2) is 56.4 Å². The van der Waals surface area contributed by atoms with Crippen molar-refractivity contribution < 1.29 is 14.3 Å². The number of rotatable bonds is 6. The molecule has 1 unspecified atom stereocenters. The van der Waals surface area contributed by atoms with Gasteiger partial charge in [-0.15, -0.1) is 12.4 Å². The molecule has 1 aliphatic rings. The number of carbonyl (C=O) groups excluding carboxylic acids is 1. The van der Waals surface area contributed by atoms with Crippen molar-refractivity contribution in [3.8, 4) is 0 Å². The smallest absolute Gasteiger partial charge is 0.315 e. The number of halogens is 1. The standard InChI is InChI=1S/C14H28N2O3.ClH/c1-5-19-12(17)14(11-18-4)7-6-8-16(10-14)9-13(2,3)15;/h5-11,15H2,1-4H3;1H. The largest absolute Gasteiger partial charge is 0.465 e. The summed E-state index contributed by atoms with van der Waals surface area (Å²) in [7, 11) is 1.63. The van der Waals surface area contributed by atoms with Crippen LogP contribution in [0.3, 0.4) is 0 Å². The van der Waals surface area contributed by atoms with E-state index < -0.39 is 5.41 Å². The van der Waals surface area contributed by atoms with Gasteiger partial charge in [0, 0.05) is 25.7 Å². The fraction of sp³-hybridized carbons (Fsp3) is 0.929. The average Bonchev–Trinajstić information content (AvgIpc) is 2.27. The van der Waals surface area contributed by atoms with Crippen molar-refractivity contribution in [1.82, 2.24) is 4.90 Å². The van der Waals surface area contributed by atoms with E-state index in [0.717, 1.165) is 25.9 Å². The summed E-state index contributed by atoms with van der Waals surface area (Å²) >= 11 is 0. The summed E-state index contributed by atoms with van der Waals surface area (Å²) in [4.78, 5) is 14.5. The Balaban J connectivity index is 0.00000361. The SMILES string of the molecule is CCOC(=O)C1(COC)CCCN(CC(C)(C)N)C1.Cl. The van der Waals surface area contributed by atoms with Crippen LogP contribution in [0, 0.1) is 5.41 Å². The minimum atomic E-state index is -0.533.